The number of imide groups is 2. The van der Waals surface area contributed by atoms with Crippen LogP contribution in [0.5, 0.6) is 5.75 Å². The molecule has 3 N–H and O–H groups in total. The van der Waals surface area contributed by atoms with Crippen molar-refractivity contribution in [1.29, 1.82) is 0 Å². The van der Waals surface area contributed by atoms with E-state index in [1.54, 1.807) is 85.9 Å². The molecule has 4 aliphatic rings. The highest BCUT2D eigenvalue weighted by molar-refractivity contribution is 7.70. The fraction of sp³-hybridized carbons (Fsp3) is 0.327. The average Bonchev–Trinajstić information content (AvgIpc) is 3.91. The van der Waals surface area contributed by atoms with Crippen LogP contribution in [0, 0.1) is 5.82 Å². The molecule has 73 heavy (non-hydrogen) atoms. The minimum Gasteiger partial charge on any atom is -0.494 e. The summed E-state index contributed by atoms with van der Waals surface area (Å²) in [5, 5.41) is 13.9. The van der Waals surface area contributed by atoms with Crippen LogP contribution in [-0.4, -0.2) is 131 Å². The Morgan fingerprint density at radius 1 is 0.836 bits per heavy atom. The van der Waals surface area contributed by atoms with Gasteiger partial charge in [0.25, 0.3) is 11.8 Å². The molecule has 1 unspecified atom stereocenters. The largest absolute Gasteiger partial charge is 0.494 e. The number of nitrogens with zero attached hydrogens (tertiary/aromatic N) is 8. The molecule has 0 spiro atoms. The number of piperazine rings is 1. The van der Waals surface area contributed by atoms with Crippen molar-refractivity contribution in [3.8, 4) is 28.0 Å². The molecule has 3 saturated heterocycles. The number of anilines is 6. The van der Waals surface area contributed by atoms with Crippen molar-refractivity contribution < 1.29 is 37.3 Å². The van der Waals surface area contributed by atoms with Crippen LogP contribution < -0.4 is 35.8 Å². The van der Waals surface area contributed by atoms with Crippen molar-refractivity contribution in [2.45, 2.75) is 37.4 Å². The maximum absolute atomic E-state index is 16.9. The highest BCUT2D eigenvalue weighted by Gasteiger charge is 2.45. The number of piperidine rings is 2. The summed E-state index contributed by atoms with van der Waals surface area (Å²) in [6, 6.07) is 19.5. The van der Waals surface area contributed by atoms with Crippen LogP contribution in [0.1, 0.15) is 46.4 Å². The zero-order chi connectivity index (χ0) is 51.3. The first-order valence-electron chi connectivity index (χ1n) is 23.9. The first-order chi connectivity index (χ1) is 34.9. The number of ether oxygens (including phenoxy) is 1. The minimum atomic E-state index is -2.91. The second-order valence-electron chi connectivity index (χ2n) is 19.3. The van der Waals surface area contributed by atoms with Crippen molar-refractivity contribution in [3.63, 3.8) is 0 Å². The first kappa shape index (κ1) is 49.4. The Morgan fingerprint density at radius 2 is 1.59 bits per heavy atom. The summed E-state index contributed by atoms with van der Waals surface area (Å²) in [6.45, 7) is 6.80. The van der Waals surface area contributed by atoms with Gasteiger partial charge >= 0.3 is 0 Å². The molecule has 0 saturated carbocycles. The lowest BCUT2D eigenvalue weighted by atomic mass is 9.91. The molecule has 4 amide bonds. The van der Waals surface area contributed by atoms with Gasteiger partial charge in [0.1, 0.15) is 35.4 Å². The van der Waals surface area contributed by atoms with Gasteiger partial charge in [-0.2, -0.15) is 10.1 Å². The van der Waals surface area contributed by atoms with Gasteiger partial charge in [-0.1, -0.05) is 35.9 Å². The normalized spacial score (nSPS) is 18.2. The van der Waals surface area contributed by atoms with Gasteiger partial charge in [-0.05, 0) is 67.8 Å². The molecule has 0 bridgehead atoms. The third kappa shape index (κ3) is 10.0. The summed E-state index contributed by atoms with van der Waals surface area (Å²) in [5.74, 6) is -1.65. The number of rotatable bonds is 13. The topological polar surface area (TPSA) is 187 Å². The SMILES string of the molecule is COc1cc(N2CCC(F)(CN3CCN(c4ccc5c(c4)C(=O)N(C4CCC(=O)NC4=O)C5=O)CC3)CC2)c(-c2cnn(C)c2)cc1Nc1ncc(Cl)c(Nc2ccc(-c3ccccc3F)cc2P(C)(C)=O)n1. The summed E-state index contributed by atoms with van der Waals surface area (Å²) in [7, 11) is 0.495. The monoisotopic (exact) mass is 1030 g/mol. The fourth-order valence-electron chi connectivity index (χ4n) is 10.1. The van der Waals surface area contributed by atoms with E-state index in [0.29, 0.717) is 85.7 Å². The molecule has 3 fully saturated rings. The lowest BCUT2D eigenvalue weighted by molar-refractivity contribution is -0.136. The van der Waals surface area contributed by atoms with Gasteiger partial charge in [0, 0.05) is 118 Å². The van der Waals surface area contributed by atoms with Gasteiger partial charge in [0.2, 0.25) is 17.8 Å². The molecule has 6 aromatic rings. The van der Waals surface area contributed by atoms with E-state index in [2.05, 4.69) is 40.7 Å². The van der Waals surface area contributed by atoms with Crippen LogP contribution in [0.15, 0.2) is 91.4 Å². The van der Waals surface area contributed by atoms with Gasteiger partial charge in [-0.15, -0.1) is 0 Å². The quantitative estimate of drug-likeness (QED) is 0.0758. The number of aromatic nitrogens is 4. The van der Waals surface area contributed by atoms with Crippen LogP contribution in [-0.2, 0) is 21.2 Å². The molecule has 2 aromatic heterocycles. The number of fused-ring (bicyclic) bond motifs is 1. The molecule has 21 heteroatoms. The molecular formula is C52H53ClF2N11O6P. The number of benzene rings is 4. The van der Waals surface area contributed by atoms with Crippen LogP contribution in [0.4, 0.5) is 43.3 Å². The Kier molecular flexibility index (Phi) is 13.3. The van der Waals surface area contributed by atoms with Crippen LogP contribution in [0.2, 0.25) is 5.02 Å². The van der Waals surface area contributed by atoms with Gasteiger partial charge < -0.3 is 29.7 Å². The maximum Gasteiger partial charge on any atom is 0.262 e. The molecule has 1 atom stereocenters. The van der Waals surface area contributed by atoms with Crippen molar-refractivity contribution in [3.05, 3.63) is 113 Å². The Hall–Kier alpha value is -7.21. The third-order valence-electron chi connectivity index (χ3n) is 14.0. The summed E-state index contributed by atoms with van der Waals surface area (Å²) in [5.41, 5.74) is 4.29. The maximum atomic E-state index is 16.9. The van der Waals surface area contributed by atoms with Gasteiger partial charge in [0.15, 0.2) is 5.82 Å². The minimum absolute atomic E-state index is 0.0463. The molecule has 10 rings (SSSR count). The molecule has 17 nitrogen and oxygen atoms in total. The number of nitrogens with one attached hydrogen (secondary N) is 3. The summed E-state index contributed by atoms with van der Waals surface area (Å²) in [4.78, 5) is 67.5. The van der Waals surface area contributed by atoms with Gasteiger partial charge in [0.05, 0.1) is 42.0 Å². The van der Waals surface area contributed by atoms with E-state index in [0.717, 1.165) is 27.4 Å². The third-order valence-corrected chi connectivity index (χ3v) is 15.8. The number of carbonyl (C=O) groups excluding carboxylic acids is 4. The van der Waals surface area contributed by atoms with E-state index in [4.69, 9.17) is 21.3 Å². The average molecular weight is 1030 g/mol. The van der Waals surface area contributed by atoms with Crippen molar-refractivity contribution in [1.82, 2.24) is 34.9 Å². The highest BCUT2D eigenvalue weighted by Crippen LogP contribution is 2.44. The van der Waals surface area contributed by atoms with E-state index < -0.39 is 42.5 Å². The fourth-order valence-corrected chi connectivity index (χ4v) is 11.4. The van der Waals surface area contributed by atoms with Crippen molar-refractivity contribution in [2.24, 2.45) is 7.05 Å². The predicted octanol–water partition coefficient (Wildman–Crippen LogP) is 7.61. The van der Waals surface area contributed by atoms with Gasteiger partial charge in [-0.3, -0.25) is 39.0 Å². The van der Waals surface area contributed by atoms with Gasteiger partial charge in [-0.25, -0.2) is 13.8 Å². The first-order valence-corrected chi connectivity index (χ1v) is 26.9. The van der Waals surface area contributed by atoms with Crippen LogP contribution in [0.25, 0.3) is 22.3 Å². The molecule has 0 aliphatic carbocycles. The van der Waals surface area contributed by atoms with E-state index in [1.807, 2.05) is 25.4 Å². The lowest BCUT2D eigenvalue weighted by Gasteiger charge is -2.43. The molecular weight excluding hydrogens is 979 g/mol. The van der Waals surface area contributed by atoms with E-state index >= 15 is 4.39 Å². The lowest BCUT2D eigenvalue weighted by Crippen LogP contribution is -2.54. The number of halogens is 3. The summed E-state index contributed by atoms with van der Waals surface area (Å²) < 4.78 is 52.9. The zero-order valence-corrected chi connectivity index (χ0v) is 42.3. The number of hydrogen-bond donors (Lipinski definition) is 3. The second-order valence-corrected chi connectivity index (χ2v) is 22.8. The van der Waals surface area contributed by atoms with E-state index in [-0.39, 0.29) is 53.1 Å². The highest BCUT2D eigenvalue weighted by atomic mass is 35.5. The number of amides is 4. The smallest absolute Gasteiger partial charge is 0.262 e. The number of alkyl halides is 1. The Morgan fingerprint density at radius 3 is 2.29 bits per heavy atom. The van der Waals surface area contributed by atoms with E-state index in [1.165, 1.54) is 12.3 Å². The molecule has 0 radical (unpaired) electrons. The summed E-state index contributed by atoms with van der Waals surface area (Å²) >= 11 is 6.65. The number of methoxy groups -OCH3 is 1. The molecule has 4 aliphatic heterocycles. The number of hydrogen-bond acceptors (Lipinski definition) is 14. The molecule has 6 heterocycles. The molecule has 378 valence electrons. The zero-order valence-electron chi connectivity index (χ0n) is 40.6. The predicted molar refractivity (Wildman–Crippen MR) is 277 cm³/mol. The van der Waals surface area contributed by atoms with Crippen molar-refractivity contribution >= 4 is 82.2 Å². The Bertz CT molecular complexity index is 3240. The molecule has 4 aromatic carbocycles. The number of carbonyl (C=O) groups is 4. The standard InChI is InChI=1S/C52H53ClF2N11O6P/c1-62-29-32(27-57-62)36-25-41(59-51-56-28-38(53)47(61-51)58-40-12-9-31(23-45(40)73(3,4)71)34-7-5-6-8-39(34)54)44(72-2)26-43(36)65-17-15-52(55,16-18-65)30-63-19-21-64(22-20-63)33-10-11-35-37(24-33)50(70)66(49(35)69)42-13-14-46(67)60-48(42)68/h5-12,23-29,42H,13-22,30H2,1-4H3,(H,60,67,68)(H2,56,58,59,61). The second kappa shape index (κ2) is 19.7. The Balaban J connectivity index is 0.812. The summed E-state index contributed by atoms with van der Waals surface area (Å²) in [6.07, 6.45) is 5.84. The van der Waals surface area contributed by atoms with Crippen molar-refractivity contribution in [2.75, 3.05) is 86.7 Å². The number of aryl methyl sites for hydroxylation is 1. The van der Waals surface area contributed by atoms with E-state index in [9.17, 15) is 28.1 Å². The Labute approximate surface area is 425 Å². The van der Waals surface area contributed by atoms with Crippen LogP contribution >= 0.6 is 18.7 Å². The van der Waals surface area contributed by atoms with Crippen LogP contribution in [0.3, 0.4) is 0 Å².